The predicted octanol–water partition coefficient (Wildman–Crippen LogP) is 1.28. The molecule has 0 saturated heterocycles. The molecule has 1 aromatic rings. The topological polar surface area (TPSA) is 56.0 Å². The van der Waals surface area contributed by atoms with Crippen LogP contribution in [0.15, 0.2) is 23.2 Å². The first-order valence-electron chi connectivity index (χ1n) is 2.49. The summed E-state index contributed by atoms with van der Waals surface area (Å²) in [5.41, 5.74) is 0. The third-order valence-corrected chi connectivity index (χ3v) is 1.18. The highest BCUT2D eigenvalue weighted by atomic mass is 32.1. The molecule has 0 amide bonds. The summed E-state index contributed by atoms with van der Waals surface area (Å²) in [5.74, 6) is -0.155. The van der Waals surface area contributed by atoms with Gasteiger partial charge >= 0.3 is 5.82 Å². The molecule has 0 bridgehead atoms. The molecule has 0 atom stereocenters. The fourth-order valence-electron chi connectivity index (χ4n) is 0.486. The number of pyridine rings is 1. The molecular formula is C5H4N2O2S. The highest BCUT2D eigenvalue weighted by molar-refractivity contribution is 7.80. The van der Waals surface area contributed by atoms with E-state index in [1.165, 1.54) is 18.3 Å². The van der Waals surface area contributed by atoms with Gasteiger partial charge in [-0.2, -0.15) is 0 Å². The lowest BCUT2D eigenvalue weighted by atomic mass is 10.5. The number of nitro groups is 1. The van der Waals surface area contributed by atoms with Gasteiger partial charge in [-0.15, -0.1) is 12.6 Å². The van der Waals surface area contributed by atoms with Gasteiger partial charge in [-0.25, -0.2) is 0 Å². The molecule has 0 radical (unpaired) electrons. The summed E-state index contributed by atoms with van der Waals surface area (Å²) in [6, 6.07) is 2.83. The molecule has 0 aromatic carbocycles. The summed E-state index contributed by atoms with van der Waals surface area (Å²) in [4.78, 5) is 13.6. The molecule has 0 saturated carbocycles. The van der Waals surface area contributed by atoms with Gasteiger partial charge in [-0.05, 0) is 16.0 Å². The van der Waals surface area contributed by atoms with Gasteiger partial charge in [-0.1, -0.05) is 0 Å². The van der Waals surface area contributed by atoms with E-state index in [-0.39, 0.29) is 5.82 Å². The molecule has 1 rings (SSSR count). The first-order valence-corrected chi connectivity index (χ1v) is 2.94. The van der Waals surface area contributed by atoms with Crippen LogP contribution in [0.2, 0.25) is 0 Å². The monoisotopic (exact) mass is 156 g/mol. The van der Waals surface area contributed by atoms with Crippen LogP contribution in [-0.2, 0) is 0 Å². The standard InChI is InChI=1S/C5H4N2O2S/c8-7(9)5-2-1-4(10)3-6-5/h1-3,10H. The van der Waals surface area contributed by atoms with Gasteiger partial charge < -0.3 is 10.1 Å². The van der Waals surface area contributed by atoms with E-state index in [1.807, 2.05) is 0 Å². The van der Waals surface area contributed by atoms with Crippen molar-refractivity contribution in [1.29, 1.82) is 0 Å². The minimum Gasteiger partial charge on any atom is -0.358 e. The minimum absolute atomic E-state index is 0.155. The van der Waals surface area contributed by atoms with Gasteiger partial charge in [0.05, 0.1) is 0 Å². The molecule has 5 heteroatoms. The fraction of sp³-hybridized carbons (Fsp3) is 0. The smallest absolute Gasteiger partial charge is 0.358 e. The van der Waals surface area contributed by atoms with Crippen molar-refractivity contribution in [1.82, 2.24) is 4.98 Å². The lowest BCUT2D eigenvalue weighted by molar-refractivity contribution is -0.389. The largest absolute Gasteiger partial charge is 0.363 e. The number of thiol groups is 1. The van der Waals surface area contributed by atoms with Crippen LogP contribution < -0.4 is 0 Å². The molecule has 0 fully saturated rings. The highest BCUT2D eigenvalue weighted by Gasteiger charge is 2.03. The summed E-state index contributed by atoms with van der Waals surface area (Å²) >= 11 is 3.91. The molecule has 0 N–H and O–H groups in total. The second kappa shape index (κ2) is 2.66. The maximum atomic E-state index is 10.0. The quantitative estimate of drug-likeness (QED) is 0.378. The Balaban J connectivity index is 3.00. The van der Waals surface area contributed by atoms with E-state index in [1.54, 1.807) is 0 Å². The summed E-state index contributed by atoms with van der Waals surface area (Å²) in [7, 11) is 0. The Hall–Kier alpha value is -1.10. The maximum absolute atomic E-state index is 10.0. The van der Waals surface area contributed by atoms with Crippen LogP contribution in [0.5, 0.6) is 0 Å². The first kappa shape index (κ1) is 7.01. The second-order valence-electron chi connectivity index (χ2n) is 1.63. The SMILES string of the molecule is O=[N+]([O-])c1ccc(S)cn1. The van der Waals surface area contributed by atoms with Crippen LogP contribution in [0.25, 0.3) is 0 Å². The van der Waals surface area contributed by atoms with Crippen molar-refractivity contribution >= 4 is 18.4 Å². The van der Waals surface area contributed by atoms with Crippen LogP contribution in [-0.4, -0.2) is 9.91 Å². The van der Waals surface area contributed by atoms with Crippen molar-refractivity contribution in [2.24, 2.45) is 0 Å². The molecule has 0 aliphatic rings. The molecule has 4 nitrogen and oxygen atoms in total. The Morgan fingerprint density at radius 2 is 2.30 bits per heavy atom. The summed E-state index contributed by atoms with van der Waals surface area (Å²) in [5, 5.41) is 10.0. The number of hydrogen-bond acceptors (Lipinski definition) is 4. The van der Waals surface area contributed by atoms with Crippen molar-refractivity contribution in [2.45, 2.75) is 4.90 Å². The van der Waals surface area contributed by atoms with Crippen LogP contribution in [0.1, 0.15) is 0 Å². The number of hydrogen-bond donors (Lipinski definition) is 1. The highest BCUT2D eigenvalue weighted by Crippen LogP contribution is 2.09. The van der Waals surface area contributed by atoms with Gasteiger partial charge in [0.15, 0.2) is 6.20 Å². The van der Waals surface area contributed by atoms with Crippen molar-refractivity contribution in [3.63, 3.8) is 0 Å². The van der Waals surface area contributed by atoms with E-state index in [0.29, 0.717) is 4.90 Å². The van der Waals surface area contributed by atoms with Gasteiger partial charge in [-0.3, -0.25) is 0 Å². The van der Waals surface area contributed by atoms with Gasteiger partial charge in [0, 0.05) is 11.0 Å². The van der Waals surface area contributed by atoms with Crippen LogP contribution in [0.3, 0.4) is 0 Å². The first-order chi connectivity index (χ1) is 4.70. The van der Waals surface area contributed by atoms with Crippen molar-refractivity contribution in [3.8, 4) is 0 Å². The zero-order valence-electron chi connectivity index (χ0n) is 4.89. The van der Waals surface area contributed by atoms with Crippen molar-refractivity contribution < 1.29 is 4.92 Å². The molecule has 1 heterocycles. The summed E-state index contributed by atoms with van der Waals surface area (Å²) in [6.07, 6.45) is 1.33. The van der Waals surface area contributed by atoms with E-state index in [0.717, 1.165) is 0 Å². The predicted molar refractivity (Wildman–Crippen MR) is 38.1 cm³/mol. The van der Waals surface area contributed by atoms with Crippen molar-refractivity contribution in [3.05, 3.63) is 28.4 Å². The third-order valence-electron chi connectivity index (χ3n) is 0.919. The Bertz CT molecular complexity index is 246. The lowest BCUT2D eigenvalue weighted by Gasteiger charge is -1.89. The molecule has 1 aromatic heterocycles. The van der Waals surface area contributed by atoms with Gasteiger partial charge in [0.1, 0.15) is 0 Å². The molecule has 0 aliphatic heterocycles. The second-order valence-corrected chi connectivity index (χ2v) is 2.15. The summed E-state index contributed by atoms with van der Waals surface area (Å²) < 4.78 is 0. The van der Waals surface area contributed by atoms with E-state index < -0.39 is 4.92 Å². The lowest BCUT2D eigenvalue weighted by Crippen LogP contribution is -1.89. The van der Waals surface area contributed by atoms with E-state index >= 15 is 0 Å². The Morgan fingerprint density at radius 3 is 2.70 bits per heavy atom. The van der Waals surface area contributed by atoms with Crippen LogP contribution in [0.4, 0.5) is 5.82 Å². The van der Waals surface area contributed by atoms with E-state index in [4.69, 9.17) is 0 Å². The van der Waals surface area contributed by atoms with Gasteiger partial charge in [0.25, 0.3) is 0 Å². The molecule has 10 heavy (non-hydrogen) atoms. The molecular weight excluding hydrogens is 152 g/mol. The number of nitrogens with zero attached hydrogens (tertiary/aromatic N) is 2. The molecule has 0 unspecified atom stereocenters. The molecule has 0 aliphatic carbocycles. The maximum Gasteiger partial charge on any atom is 0.363 e. The fourth-order valence-corrected chi connectivity index (χ4v) is 0.619. The Labute approximate surface area is 62.5 Å². The number of rotatable bonds is 1. The average molecular weight is 156 g/mol. The Morgan fingerprint density at radius 1 is 1.60 bits per heavy atom. The average Bonchev–Trinajstić information content (AvgIpc) is 1.88. The van der Waals surface area contributed by atoms with Crippen molar-refractivity contribution in [2.75, 3.05) is 0 Å². The van der Waals surface area contributed by atoms with Gasteiger partial charge in [0.2, 0.25) is 0 Å². The summed E-state index contributed by atoms with van der Waals surface area (Å²) in [6.45, 7) is 0. The third kappa shape index (κ3) is 1.44. The minimum atomic E-state index is -0.548. The number of aromatic nitrogens is 1. The Kier molecular flexibility index (Phi) is 1.86. The van der Waals surface area contributed by atoms with E-state index in [9.17, 15) is 10.1 Å². The zero-order valence-corrected chi connectivity index (χ0v) is 5.78. The molecule has 0 spiro atoms. The van der Waals surface area contributed by atoms with Crippen LogP contribution in [0, 0.1) is 10.1 Å². The van der Waals surface area contributed by atoms with E-state index in [2.05, 4.69) is 17.6 Å². The zero-order chi connectivity index (χ0) is 7.56. The normalized spacial score (nSPS) is 9.30. The van der Waals surface area contributed by atoms with Crippen LogP contribution >= 0.6 is 12.6 Å². The molecule has 52 valence electrons.